The molecule has 1 aliphatic heterocycles. The molecule has 2 fully saturated rings. The molecule has 2 aromatic rings. The number of aryl methyl sites for hydroxylation is 1. The molecule has 152 valence electrons. The zero-order valence-electron chi connectivity index (χ0n) is 15.9. The molecule has 3 heterocycles. The molecule has 0 radical (unpaired) electrons. The minimum atomic E-state index is -4.50. The molecule has 0 aromatic carbocycles. The van der Waals surface area contributed by atoms with E-state index < -0.39 is 11.7 Å². The minimum Gasteiger partial charge on any atom is -0.342 e. The summed E-state index contributed by atoms with van der Waals surface area (Å²) in [6.45, 7) is 2.62. The summed E-state index contributed by atoms with van der Waals surface area (Å²) in [6.07, 6.45) is 2.05. The lowest BCUT2D eigenvalue weighted by Gasteiger charge is -2.35. The number of pyridine rings is 1. The lowest BCUT2D eigenvalue weighted by Crippen LogP contribution is -2.42. The summed E-state index contributed by atoms with van der Waals surface area (Å²) in [6, 6.07) is 1.13. The highest BCUT2D eigenvalue weighted by atomic mass is 19.4. The molecule has 0 atom stereocenters. The summed E-state index contributed by atoms with van der Waals surface area (Å²) in [5, 5.41) is 3.58. The van der Waals surface area contributed by atoms with Crippen molar-refractivity contribution in [2.75, 3.05) is 13.1 Å². The molecule has 0 spiro atoms. The number of carbonyl (C=O) groups is 1. The molecule has 0 N–H and O–H groups in total. The fraction of sp³-hybridized carbons (Fsp3) is 0.650. The minimum absolute atomic E-state index is 0.0666. The molecule has 5 nitrogen and oxygen atoms in total. The Balaban J connectivity index is 1.52. The van der Waals surface area contributed by atoms with Crippen molar-refractivity contribution in [1.29, 1.82) is 0 Å². The lowest BCUT2D eigenvalue weighted by molar-refractivity contribution is -0.137. The Bertz CT molecular complexity index is 863. The van der Waals surface area contributed by atoms with Gasteiger partial charge in [0.15, 0.2) is 0 Å². The van der Waals surface area contributed by atoms with Crippen LogP contribution in [0, 0.1) is 12.8 Å². The highest BCUT2D eigenvalue weighted by Gasteiger charge is 2.37. The van der Waals surface area contributed by atoms with Crippen LogP contribution in [-0.4, -0.2) is 34.0 Å². The summed E-state index contributed by atoms with van der Waals surface area (Å²) in [5.74, 6) is 0.212. The van der Waals surface area contributed by atoms with Crippen LogP contribution in [0.25, 0.3) is 11.1 Å². The van der Waals surface area contributed by atoms with Gasteiger partial charge in [0.25, 0.3) is 5.71 Å². The Morgan fingerprint density at radius 2 is 1.82 bits per heavy atom. The van der Waals surface area contributed by atoms with E-state index >= 15 is 0 Å². The van der Waals surface area contributed by atoms with Crippen molar-refractivity contribution in [3.05, 3.63) is 23.0 Å². The standard InChI is InChI=1S/C20H24F3N3O2/c1-12-17-15(20(21,22)23)11-16(24-18(17)28-25-12)13-7-9-26(10-8-13)19(27)14-5-3-2-4-6-14/h11,13-14H,2-10H2,1H3. The van der Waals surface area contributed by atoms with Crippen LogP contribution in [0.1, 0.15) is 67.8 Å². The monoisotopic (exact) mass is 395 g/mol. The summed E-state index contributed by atoms with van der Waals surface area (Å²) >= 11 is 0. The first-order valence-corrected chi connectivity index (χ1v) is 9.97. The van der Waals surface area contributed by atoms with Crippen LogP contribution in [0.3, 0.4) is 0 Å². The SMILES string of the molecule is Cc1noc2nc(C3CCN(C(=O)C4CCCCC4)CC3)cc(C(F)(F)F)c12. The molecular weight excluding hydrogens is 371 g/mol. The van der Waals surface area contributed by atoms with E-state index in [1.807, 2.05) is 4.90 Å². The van der Waals surface area contributed by atoms with Gasteiger partial charge >= 0.3 is 6.18 Å². The highest BCUT2D eigenvalue weighted by molar-refractivity contribution is 5.81. The van der Waals surface area contributed by atoms with Crippen LogP contribution >= 0.6 is 0 Å². The van der Waals surface area contributed by atoms with Crippen LogP contribution in [0.2, 0.25) is 0 Å². The lowest BCUT2D eigenvalue weighted by atomic mass is 9.86. The molecular formula is C20H24F3N3O2. The summed E-state index contributed by atoms with van der Waals surface area (Å²) in [7, 11) is 0. The first-order chi connectivity index (χ1) is 13.3. The largest absolute Gasteiger partial charge is 0.417 e. The van der Waals surface area contributed by atoms with E-state index in [9.17, 15) is 18.0 Å². The van der Waals surface area contributed by atoms with Gasteiger partial charge in [-0.3, -0.25) is 4.79 Å². The predicted octanol–water partition coefficient (Wildman–Crippen LogP) is 4.84. The maximum absolute atomic E-state index is 13.5. The van der Waals surface area contributed by atoms with E-state index in [1.165, 1.54) is 13.3 Å². The topological polar surface area (TPSA) is 59.2 Å². The molecule has 1 saturated carbocycles. The molecule has 0 unspecified atom stereocenters. The number of piperidine rings is 1. The first kappa shape index (κ1) is 19.2. The van der Waals surface area contributed by atoms with Gasteiger partial charge in [0.05, 0.1) is 16.6 Å². The first-order valence-electron chi connectivity index (χ1n) is 9.97. The Kier molecular flexibility index (Phi) is 5.05. The van der Waals surface area contributed by atoms with E-state index in [2.05, 4.69) is 10.1 Å². The normalized spacial score (nSPS) is 20.1. The number of rotatable bonds is 2. The van der Waals surface area contributed by atoms with Gasteiger partial charge in [-0.1, -0.05) is 24.4 Å². The quantitative estimate of drug-likeness (QED) is 0.730. The van der Waals surface area contributed by atoms with Gasteiger partial charge in [-0.05, 0) is 38.7 Å². The third-order valence-electron chi connectivity index (χ3n) is 6.12. The van der Waals surface area contributed by atoms with Crippen molar-refractivity contribution in [2.24, 2.45) is 5.92 Å². The highest BCUT2D eigenvalue weighted by Crippen LogP contribution is 2.39. The van der Waals surface area contributed by atoms with E-state index in [4.69, 9.17) is 4.52 Å². The maximum Gasteiger partial charge on any atom is 0.417 e. The van der Waals surface area contributed by atoms with Crippen LogP contribution in [0.15, 0.2) is 10.6 Å². The molecule has 1 amide bonds. The second-order valence-electron chi connectivity index (χ2n) is 7.98. The number of halogens is 3. The number of carbonyl (C=O) groups excluding carboxylic acids is 1. The fourth-order valence-corrected chi connectivity index (χ4v) is 4.55. The number of fused-ring (bicyclic) bond motifs is 1. The van der Waals surface area contributed by atoms with Crippen molar-refractivity contribution in [3.8, 4) is 0 Å². The van der Waals surface area contributed by atoms with Crippen LogP contribution < -0.4 is 0 Å². The van der Waals surface area contributed by atoms with Gasteiger partial charge < -0.3 is 9.42 Å². The second-order valence-corrected chi connectivity index (χ2v) is 7.98. The number of alkyl halides is 3. The molecule has 1 aliphatic carbocycles. The molecule has 2 aliphatic rings. The molecule has 0 bridgehead atoms. The number of hydrogen-bond donors (Lipinski definition) is 0. The molecule has 2 aromatic heterocycles. The molecule has 8 heteroatoms. The van der Waals surface area contributed by atoms with E-state index in [0.29, 0.717) is 31.6 Å². The van der Waals surface area contributed by atoms with Crippen molar-refractivity contribution in [1.82, 2.24) is 15.0 Å². The fourth-order valence-electron chi connectivity index (χ4n) is 4.55. The van der Waals surface area contributed by atoms with Crippen LogP contribution in [0.5, 0.6) is 0 Å². The van der Waals surface area contributed by atoms with Crippen molar-refractivity contribution in [2.45, 2.75) is 64.0 Å². The number of likely N-dealkylation sites (tertiary alicyclic amines) is 1. The predicted molar refractivity (Wildman–Crippen MR) is 96.7 cm³/mol. The molecule has 1 saturated heterocycles. The second kappa shape index (κ2) is 7.37. The summed E-state index contributed by atoms with van der Waals surface area (Å²) in [5.41, 5.74) is -0.245. The maximum atomic E-state index is 13.5. The van der Waals surface area contributed by atoms with Gasteiger partial charge in [-0.25, -0.2) is 4.98 Å². The zero-order chi connectivity index (χ0) is 19.9. The average Bonchev–Trinajstić information content (AvgIpc) is 3.07. The van der Waals surface area contributed by atoms with E-state index in [-0.39, 0.29) is 34.5 Å². The van der Waals surface area contributed by atoms with Gasteiger partial charge in [0, 0.05) is 30.6 Å². The Hall–Kier alpha value is -2.12. The van der Waals surface area contributed by atoms with Gasteiger partial charge in [-0.2, -0.15) is 13.2 Å². The number of amides is 1. The third kappa shape index (κ3) is 3.61. The van der Waals surface area contributed by atoms with Crippen LogP contribution in [-0.2, 0) is 11.0 Å². The Morgan fingerprint density at radius 3 is 2.46 bits per heavy atom. The molecule has 28 heavy (non-hydrogen) atoms. The van der Waals surface area contributed by atoms with E-state index in [1.54, 1.807) is 0 Å². The van der Waals surface area contributed by atoms with Crippen LogP contribution in [0.4, 0.5) is 13.2 Å². The van der Waals surface area contributed by atoms with Crippen molar-refractivity contribution >= 4 is 17.0 Å². The molecule has 4 rings (SSSR count). The summed E-state index contributed by atoms with van der Waals surface area (Å²) < 4.78 is 45.7. The number of aromatic nitrogens is 2. The van der Waals surface area contributed by atoms with Gasteiger partial charge in [0.1, 0.15) is 0 Å². The Labute approximate surface area is 161 Å². The smallest absolute Gasteiger partial charge is 0.342 e. The number of nitrogens with zero attached hydrogens (tertiary/aromatic N) is 3. The average molecular weight is 395 g/mol. The summed E-state index contributed by atoms with van der Waals surface area (Å²) in [4.78, 5) is 18.9. The van der Waals surface area contributed by atoms with E-state index in [0.717, 1.165) is 31.7 Å². The Morgan fingerprint density at radius 1 is 1.14 bits per heavy atom. The zero-order valence-corrected chi connectivity index (χ0v) is 15.9. The van der Waals surface area contributed by atoms with Crippen molar-refractivity contribution < 1.29 is 22.5 Å². The third-order valence-corrected chi connectivity index (χ3v) is 6.12. The van der Waals surface area contributed by atoms with Crippen molar-refractivity contribution in [3.63, 3.8) is 0 Å². The number of hydrogen-bond acceptors (Lipinski definition) is 4. The van der Waals surface area contributed by atoms with Gasteiger partial charge in [-0.15, -0.1) is 0 Å². The van der Waals surface area contributed by atoms with Gasteiger partial charge in [0.2, 0.25) is 5.91 Å².